The Hall–Kier alpha value is -5.91. The standard InChI is InChI=1S/C36H35FN4O7/c1-39(2)25-16-14-24(15-17-25)38-35(44)32(23-18-29(46-3)34(48-5)30(19-23)47-4)41(20-22-10-6-8-12-27(22)37)31(42)21-40-28-13-9-7-11-26(28)33(43)36(40)45/h6-19,32H,20-21H2,1-5H3,(H,38,44). The van der Waals surface area contributed by atoms with Crippen LogP contribution in [-0.4, -0.2) is 70.4 Å². The van der Waals surface area contributed by atoms with Crippen molar-refractivity contribution < 1.29 is 37.8 Å². The lowest BCUT2D eigenvalue weighted by atomic mass is 10.0. The molecule has 0 aromatic heterocycles. The van der Waals surface area contributed by atoms with E-state index in [1.165, 1.54) is 62.6 Å². The Labute approximate surface area is 277 Å². The highest BCUT2D eigenvalue weighted by molar-refractivity contribution is 6.52. The van der Waals surface area contributed by atoms with Crippen molar-refractivity contribution in [3.63, 3.8) is 0 Å². The van der Waals surface area contributed by atoms with Crippen LogP contribution in [0.5, 0.6) is 17.2 Å². The summed E-state index contributed by atoms with van der Waals surface area (Å²) in [5.74, 6) is -2.92. The molecule has 48 heavy (non-hydrogen) atoms. The minimum Gasteiger partial charge on any atom is -0.493 e. The van der Waals surface area contributed by atoms with Gasteiger partial charge in [0.15, 0.2) is 11.5 Å². The Morgan fingerprint density at radius 1 is 0.854 bits per heavy atom. The third-order valence-electron chi connectivity index (χ3n) is 8.01. The van der Waals surface area contributed by atoms with Gasteiger partial charge in [0.1, 0.15) is 18.4 Å². The van der Waals surface area contributed by atoms with Crippen molar-refractivity contribution in [1.29, 1.82) is 0 Å². The predicted octanol–water partition coefficient (Wildman–Crippen LogP) is 4.86. The fourth-order valence-corrected chi connectivity index (χ4v) is 5.55. The first-order valence-corrected chi connectivity index (χ1v) is 14.9. The number of ether oxygens (including phenoxy) is 3. The second kappa shape index (κ2) is 14.2. The third-order valence-corrected chi connectivity index (χ3v) is 8.01. The molecule has 0 radical (unpaired) electrons. The van der Waals surface area contributed by atoms with Gasteiger partial charge in [0, 0.05) is 37.6 Å². The normalized spacial score (nSPS) is 12.7. The molecule has 248 valence electrons. The van der Waals surface area contributed by atoms with Crippen molar-refractivity contribution in [2.75, 3.05) is 57.1 Å². The van der Waals surface area contributed by atoms with Crippen molar-refractivity contribution in [3.8, 4) is 17.2 Å². The zero-order chi connectivity index (χ0) is 34.5. The summed E-state index contributed by atoms with van der Waals surface area (Å²) in [6.07, 6.45) is 0. The van der Waals surface area contributed by atoms with Crippen LogP contribution in [0.2, 0.25) is 0 Å². The molecule has 0 fully saturated rings. The topological polar surface area (TPSA) is 118 Å². The molecule has 4 aromatic carbocycles. The molecule has 0 spiro atoms. The number of fused-ring (bicyclic) bond motifs is 1. The second-order valence-electron chi connectivity index (χ2n) is 11.1. The minimum atomic E-state index is -1.41. The molecule has 12 heteroatoms. The van der Waals surface area contributed by atoms with Gasteiger partial charge in [-0.3, -0.25) is 24.1 Å². The van der Waals surface area contributed by atoms with E-state index in [0.717, 1.165) is 10.6 Å². The van der Waals surface area contributed by atoms with E-state index >= 15 is 4.39 Å². The molecular weight excluding hydrogens is 619 g/mol. The smallest absolute Gasteiger partial charge is 0.299 e. The number of hydrogen-bond donors (Lipinski definition) is 1. The number of carbonyl (C=O) groups is 4. The summed E-state index contributed by atoms with van der Waals surface area (Å²) >= 11 is 0. The van der Waals surface area contributed by atoms with Crippen LogP contribution in [0.4, 0.5) is 21.5 Å². The number of carbonyl (C=O) groups excluding carboxylic acids is 4. The Morgan fingerprint density at radius 3 is 2.08 bits per heavy atom. The van der Waals surface area contributed by atoms with Gasteiger partial charge in [0.2, 0.25) is 11.7 Å². The minimum absolute atomic E-state index is 0.121. The number of benzene rings is 4. The highest BCUT2D eigenvalue weighted by atomic mass is 19.1. The van der Waals surface area contributed by atoms with E-state index in [-0.39, 0.29) is 46.2 Å². The van der Waals surface area contributed by atoms with Gasteiger partial charge < -0.3 is 29.3 Å². The Bertz CT molecular complexity index is 1840. The largest absolute Gasteiger partial charge is 0.493 e. The molecular formula is C36H35FN4O7. The van der Waals surface area contributed by atoms with Crippen molar-refractivity contribution >= 4 is 40.6 Å². The van der Waals surface area contributed by atoms with Crippen LogP contribution >= 0.6 is 0 Å². The van der Waals surface area contributed by atoms with Crippen LogP contribution in [0, 0.1) is 5.82 Å². The quantitative estimate of drug-likeness (QED) is 0.216. The maximum atomic E-state index is 15.2. The van der Waals surface area contributed by atoms with E-state index in [1.807, 2.05) is 31.1 Å². The first kappa shape index (κ1) is 33.5. The Morgan fingerprint density at radius 2 is 1.48 bits per heavy atom. The van der Waals surface area contributed by atoms with E-state index in [9.17, 15) is 19.2 Å². The fourth-order valence-electron chi connectivity index (χ4n) is 5.55. The summed E-state index contributed by atoms with van der Waals surface area (Å²) in [6, 6.07) is 20.9. The van der Waals surface area contributed by atoms with Crippen molar-refractivity contribution in [2.45, 2.75) is 12.6 Å². The molecule has 1 unspecified atom stereocenters. The molecule has 3 amide bonds. The maximum Gasteiger partial charge on any atom is 0.299 e. The number of halogens is 1. The number of nitrogens with one attached hydrogen (secondary N) is 1. The lowest BCUT2D eigenvalue weighted by molar-refractivity contribution is -0.139. The molecule has 1 N–H and O–H groups in total. The summed E-state index contributed by atoms with van der Waals surface area (Å²) < 4.78 is 31.8. The van der Waals surface area contributed by atoms with Gasteiger partial charge in [-0.15, -0.1) is 0 Å². The van der Waals surface area contributed by atoms with Crippen LogP contribution in [0.25, 0.3) is 0 Å². The summed E-state index contributed by atoms with van der Waals surface area (Å²) in [6.45, 7) is -0.959. The van der Waals surface area contributed by atoms with Crippen molar-refractivity contribution in [1.82, 2.24) is 4.90 Å². The second-order valence-corrected chi connectivity index (χ2v) is 11.1. The Balaban J connectivity index is 1.64. The van der Waals surface area contributed by atoms with Gasteiger partial charge in [-0.1, -0.05) is 30.3 Å². The predicted molar refractivity (Wildman–Crippen MR) is 178 cm³/mol. The lowest BCUT2D eigenvalue weighted by Crippen LogP contribution is -2.46. The van der Waals surface area contributed by atoms with E-state index in [2.05, 4.69) is 5.32 Å². The molecule has 1 heterocycles. The number of ketones is 1. The number of Topliss-reactive ketones (excluding diaryl/α,β-unsaturated/α-hetero) is 1. The number of rotatable bonds is 12. The van der Waals surface area contributed by atoms with Crippen LogP contribution < -0.4 is 29.3 Å². The molecule has 1 aliphatic rings. The highest BCUT2D eigenvalue weighted by Crippen LogP contribution is 2.41. The molecule has 0 saturated carbocycles. The number of amides is 3. The molecule has 0 aliphatic carbocycles. The summed E-state index contributed by atoms with van der Waals surface area (Å²) in [4.78, 5) is 58.8. The average Bonchev–Trinajstić information content (AvgIpc) is 3.33. The molecule has 4 aromatic rings. The molecule has 1 aliphatic heterocycles. The maximum absolute atomic E-state index is 15.2. The lowest BCUT2D eigenvalue weighted by Gasteiger charge is -2.33. The zero-order valence-electron chi connectivity index (χ0n) is 27.2. The zero-order valence-corrected chi connectivity index (χ0v) is 27.2. The molecule has 0 saturated heterocycles. The molecule has 5 rings (SSSR count). The van der Waals surface area contributed by atoms with Gasteiger partial charge in [-0.25, -0.2) is 4.39 Å². The first-order valence-electron chi connectivity index (χ1n) is 14.9. The molecule has 1 atom stereocenters. The average molecular weight is 655 g/mol. The fraction of sp³-hybridized carbons (Fsp3) is 0.222. The van der Waals surface area contributed by atoms with Crippen LogP contribution in [-0.2, 0) is 20.9 Å². The van der Waals surface area contributed by atoms with Crippen LogP contribution in [0.3, 0.4) is 0 Å². The van der Waals surface area contributed by atoms with Gasteiger partial charge in [-0.05, 0) is 60.2 Å². The molecule has 0 bridgehead atoms. The summed E-state index contributed by atoms with van der Waals surface area (Å²) in [5.41, 5.74) is 2.14. The monoisotopic (exact) mass is 654 g/mol. The number of hydrogen-bond acceptors (Lipinski definition) is 8. The Kier molecular flexibility index (Phi) is 9.93. The van der Waals surface area contributed by atoms with E-state index in [1.54, 1.807) is 36.4 Å². The number of nitrogens with zero attached hydrogens (tertiary/aromatic N) is 3. The number of para-hydroxylation sites is 1. The first-order chi connectivity index (χ1) is 23.1. The van der Waals surface area contributed by atoms with E-state index in [4.69, 9.17) is 14.2 Å². The highest BCUT2D eigenvalue weighted by Gasteiger charge is 2.40. The van der Waals surface area contributed by atoms with Crippen LogP contribution in [0.15, 0.2) is 84.9 Å². The van der Waals surface area contributed by atoms with E-state index < -0.39 is 41.9 Å². The van der Waals surface area contributed by atoms with Gasteiger partial charge in [0.25, 0.3) is 17.6 Å². The van der Waals surface area contributed by atoms with Crippen molar-refractivity contribution in [3.05, 3.63) is 107 Å². The summed E-state index contributed by atoms with van der Waals surface area (Å²) in [5, 5.41) is 2.88. The number of methoxy groups -OCH3 is 3. The van der Waals surface area contributed by atoms with Crippen molar-refractivity contribution in [2.24, 2.45) is 0 Å². The van der Waals surface area contributed by atoms with Gasteiger partial charge >= 0.3 is 0 Å². The summed E-state index contributed by atoms with van der Waals surface area (Å²) in [7, 11) is 8.03. The van der Waals surface area contributed by atoms with E-state index in [0.29, 0.717) is 5.69 Å². The SMILES string of the molecule is COc1cc(C(C(=O)Nc2ccc(N(C)C)cc2)N(Cc2ccccc2F)C(=O)CN2C(=O)C(=O)c3ccccc32)cc(OC)c1OC. The van der Waals surface area contributed by atoms with Crippen LogP contribution in [0.1, 0.15) is 27.5 Å². The molecule has 11 nitrogen and oxygen atoms in total. The van der Waals surface area contributed by atoms with Gasteiger partial charge in [-0.2, -0.15) is 0 Å². The van der Waals surface area contributed by atoms with Gasteiger partial charge in [0.05, 0.1) is 32.6 Å². The number of anilines is 3. The third kappa shape index (κ3) is 6.63.